The molecule has 3 rings (SSSR count). The standard InChI is InChI=1S/C63H106N14O12/c1-11-13-14-15-19-26-51(78)76-28-21-24-42(35-76)55(82)70-46(32-41-22-17-16-18-23-41)58(85)71-45(29-37(3)4)57(84)73-48(30-38(5)6)61(88)77-36-43(64)33-50(77)62(89)75(10)49(31-39(7)8)60(87)72-47(34-52(79)80)59(86)69-44(25-20-27-68-63(66)67)56(83)74-53(54(65)81)40(9)12-2/h16-18,22-23,37-40,42-50,53H,11-15,19-21,24-36,64H2,1-10H3,(H2,65,81)(H,69,86)(H,70,82)(H,71,85)(H,72,87)(H,73,84)(H,74,83)(H,79,80)(H4,66,67,68)/t40-,42-,43-,44-,45-,46-,47-,48-,49-,50-,53-/m0/s1. The van der Waals surface area contributed by atoms with Gasteiger partial charge in [-0.25, -0.2) is 0 Å². The Kier molecular flexibility index (Phi) is 32.6. The first-order valence-electron chi connectivity index (χ1n) is 32.0. The van der Waals surface area contributed by atoms with Crippen molar-refractivity contribution in [3.05, 3.63) is 35.9 Å². The summed E-state index contributed by atoms with van der Waals surface area (Å²) in [4.78, 5) is 161. The highest BCUT2D eigenvalue weighted by Crippen LogP contribution is 2.25. The summed E-state index contributed by atoms with van der Waals surface area (Å²) in [6.07, 6.45) is 6.48. The van der Waals surface area contributed by atoms with Crippen molar-refractivity contribution >= 4 is 71.0 Å². The molecular formula is C63H106N14O12. The molecule has 2 saturated heterocycles. The Labute approximate surface area is 526 Å². The first-order valence-corrected chi connectivity index (χ1v) is 32.0. The van der Waals surface area contributed by atoms with Gasteiger partial charge >= 0.3 is 5.97 Å². The number of nitrogens with two attached hydrogens (primary N) is 4. The maximum atomic E-state index is 15.0. The number of hydrogen-bond donors (Lipinski definition) is 11. The number of rotatable bonds is 38. The maximum Gasteiger partial charge on any atom is 0.305 e. The number of carbonyl (C=O) groups excluding carboxylic acids is 10. The molecule has 26 nitrogen and oxygen atoms in total. The second kappa shape index (κ2) is 38.2. The van der Waals surface area contributed by atoms with E-state index in [1.807, 2.05) is 58.0 Å². The second-order valence-electron chi connectivity index (χ2n) is 25.5. The third kappa shape index (κ3) is 25.9. The number of amides is 10. The average molecular weight is 1250 g/mol. The van der Waals surface area contributed by atoms with Crippen LogP contribution in [-0.4, -0.2) is 178 Å². The number of carboxylic acid groups (broad SMARTS) is 1. The lowest BCUT2D eigenvalue weighted by Crippen LogP contribution is -2.61. The molecule has 10 amide bonds. The molecule has 500 valence electrons. The van der Waals surface area contributed by atoms with Crippen LogP contribution in [0.4, 0.5) is 0 Å². The van der Waals surface area contributed by atoms with Gasteiger partial charge in [0.05, 0.1) is 12.3 Å². The zero-order valence-corrected chi connectivity index (χ0v) is 54.4. The topological polar surface area (TPSA) is 406 Å². The smallest absolute Gasteiger partial charge is 0.305 e. The molecular weight excluding hydrogens is 1140 g/mol. The van der Waals surface area contributed by atoms with Crippen molar-refractivity contribution in [2.75, 3.05) is 33.2 Å². The SMILES string of the molecule is CCCCCCCC(=O)N1CCC[C@H](C(=O)N[C@@H](Cc2ccccc2)C(=O)N[C@@H](CC(C)C)C(=O)N[C@@H](CC(C)C)C(=O)N2C[C@@H](N)C[C@H]2C(=O)N(C)[C@@H](CC(C)C)C(=O)N[C@@H](CC(=O)O)C(=O)N[C@@H](CCCN=C(N)N)C(=O)N[C@H](C(N)=O)[C@@H](C)CC)C1. The third-order valence-electron chi connectivity index (χ3n) is 16.3. The Morgan fingerprint density at radius 2 is 1.25 bits per heavy atom. The number of hydrogen-bond acceptors (Lipinski definition) is 13. The Hall–Kier alpha value is -7.38. The number of carboxylic acids is 1. The molecule has 0 radical (unpaired) electrons. The number of primary amides is 1. The molecule has 2 heterocycles. The number of likely N-dealkylation sites (N-methyl/N-ethyl adjacent to an activating group) is 1. The summed E-state index contributed by atoms with van der Waals surface area (Å²) in [5.74, 6) is -9.87. The minimum atomic E-state index is -1.79. The first kappa shape index (κ1) is 75.9. The molecule has 2 aliphatic heterocycles. The number of guanidine groups is 1. The number of piperidine rings is 1. The third-order valence-corrected chi connectivity index (χ3v) is 16.3. The minimum absolute atomic E-state index is 0.00647. The number of carbonyl (C=O) groups is 11. The highest BCUT2D eigenvalue weighted by atomic mass is 16.4. The van der Waals surface area contributed by atoms with Gasteiger partial charge in [0, 0.05) is 52.1 Å². The predicted octanol–water partition coefficient (Wildman–Crippen LogP) is 1.69. The van der Waals surface area contributed by atoms with Gasteiger partial charge in [-0.15, -0.1) is 0 Å². The minimum Gasteiger partial charge on any atom is -0.481 e. The van der Waals surface area contributed by atoms with Crippen LogP contribution in [-0.2, 0) is 59.2 Å². The van der Waals surface area contributed by atoms with Gasteiger partial charge < -0.3 is 74.6 Å². The van der Waals surface area contributed by atoms with E-state index in [1.165, 1.54) is 11.9 Å². The molecule has 1 aromatic rings. The molecule has 0 unspecified atom stereocenters. The lowest BCUT2D eigenvalue weighted by atomic mass is 9.95. The van der Waals surface area contributed by atoms with Crippen LogP contribution in [0.2, 0.25) is 0 Å². The van der Waals surface area contributed by atoms with Crippen molar-refractivity contribution in [2.45, 2.75) is 226 Å². The van der Waals surface area contributed by atoms with E-state index in [0.717, 1.165) is 42.6 Å². The Morgan fingerprint density at radius 3 is 1.84 bits per heavy atom. The largest absolute Gasteiger partial charge is 0.481 e. The first-order chi connectivity index (χ1) is 42.0. The van der Waals surface area contributed by atoms with E-state index in [9.17, 15) is 57.8 Å². The molecule has 0 aromatic heterocycles. The van der Waals surface area contributed by atoms with E-state index in [2.05, 4.69) is 43.8 Å². The van der Waals surface area contributed by atoms with Gasteiger partial charge in [0.2, 0.25) is 59.1 Å². The molecule has 15 N–H and O–H groups in total. The zero-order valence-electron chi connectivity index (χ0n) is 54.4. The number of aliphatic carboxylic acids is 1. The molecule has 0 aliphatic carbocycles. The van der Waals surface area contributed by atoms with Gasteiger partial charge in [0.25, 0.3) is 0 Å². The predicted molar refractivity (Wildman–Crippen MR) is 338 cm³/mol. The summed E-state index contributed by atoms with van der Waals surface area (Å²) in [6.45, 7) is 17.4. The summed E-state index contributed by atoms with van der Waals surface area (Å²) < 4.78 is 0. The van der Waals surface area contributed by atoms with Crippen LogP contribution in [0.3, 0.4) is 0 Å². The second-order valence-corrected chi connectivity index (χ2v) is 25.5. The Bertz CT molecular complexity index is 2550. The fraction of sp³-hybridized carbons (Fsp3) is 0.714. The van der Waals surface area contributed by atoms with Crippen LogP contribution in [0, 0.1) is 29.6 Å². The molecule has 26 heteroatoms. The summed E-state index contributed by atoms with van der Waals surface area (Å²) in [5.41, 5.74) is 23.8. The molecule has 0 spiro atoms. The number of benzene rings is 1. The van der Waals surface area contributed by atoms with Crippen LogP contribution in [0.25, 0.3) is 0 Å². The molecule has 89 heavy (non-hydrogen) atoms. The van der Waals surface area contributed by atoms with Crippen LogP contribution in [0.1, 0.15) is 171 Å². The van der Waals surface area contributed by atoms with Gasteiger partial charge in [-0.05, 0) is 87.0 Å². The van der Waals surface area contributed by atoms with Crippen LogP contribution in [0.5, 0.6) is 0 Å². The van der Waals surface area contributed by atoms with Crippen molar-refractivity contribution in [1.82, 2.24) is 46.6 Å². The highest BCUT2D eigenvalue weighted by Gasteiger charge is 2.45. The summed E-state index contributed by atoms with van der Waals surface area (Å²) in [6, 6.07) is -2.00. The summed E-state index contributed by atoms with van der Waals surface area (Å²) in [5, 5.41) is 26.3. The van der Waals surface area contributed by atoms with Crippen molar-refractivity contribution in [3.63, 3.8) is 0 Å². The van der Waals surface area contributed by atoms with Crippen molar-refractivity contribution < 1.29 is 57.8 Å². The number of likely N-dealkylation sites (tertiary alicyclic amines) is 2. The molecule has 2 fully saturated rings. The molecule has 11 atom stereocenters. The maximum absolute atomic E-state index is 15.0. The van der Waals surface area contributed by atoms with Crippen molar-refractivity contribution in [3.8, 4) is 0 Å². The summed E-state index contributed by atoms with van der Waals surface area (Å²) in [7, 11) is 1.35. The average Bonchev–Trinajstić information content (AvgIpc) is 4.17. The fourth-order valence-corrected chi connectivity index (χ4v) is 11.2. The Balaban J connectivity index is 1.90. The van der Waals surface area contributed by atoms with Crippen molar-refractivity contribution in [2.24, 2.45) is 57.5 Å². The van der Waals surface area contributed by atoms with Gasteiger partial charge in [-0.1, -0.05) is 125 Å². The lowest BCUT2D eigenvalue weighted by molar-refractivity contribution is -0.149. The molecule has 1 aromatic carbocycles. The van der Waals surface area contributed by atoms with E-state index in [0.29, 0.717) is 32.2 Å². The van der Waals surface area contributed by atoms with E-state index >= 15 is 0 Å². The summed E-state index contributed by atoms with van der Waals surface area (Å²) >= 11 is 0. The van der Waals surface area contributed by atoms with E-state index in [-0.39, 0.29) is 100 Å². The quantitative estimate of drug-likeness (QED) is 0.0255. The zero-order chi connectivity index (χ0) is 66.7. The van der Waals surface area contributed by atoms with E-state index in [1.54, 1.807) is 32.6 Å². The number of unbranched alkanes of at least 4 members (excludes halogenated alkanes) is 4. The number of aliphatic imine (C=N–C) groups is 1. The number of nitrogens with one attached hydrogen (secondary N) is 6. The van der Waals surface area contributed by atoms with Gasteiger partial charge in [0.1, 0.15) is 48.3 Å². The molecule has 0 bridgehead atoms. The monoisotopic (exact) mass is 1250 g/mol. The van der Waals surface area contributed by atoms with Crippen LogP contribution < -0.4 is 54.8 Å². The van der Waals surface area contributed by atoms with E-state index < -0.39 is 126 Å². The van der Waals surface area contributed by atoms with Gasteiger partial charge in [-0.3, -0.25) is 57.7 Å². The number of nitrogens with zero attached hydrogens (tertiary/aromatic N) is 4. The molecule has 2 aliphatic rings. The van der Waals surface area contributed by atoms with Gasteiger partial charge in [0.15, 0.2) is 5.96 Å². The lowest BCUT2D eigenvalue weighted by Gasteiger charge is -2.35. The van der Waals surface area contributed by atoms with Crippen LogP contribution in [0.15, 0.2) is 35.3 Å². The Morgan fingerprint density at radius 1 is 0.674 bits per heavy atom. The highest BCUT2D eigenvalue weighted by molar-refractivity contribution is 5.99. The normalized spacial score (nSPS) is 18.5. The van der Waals surface area contributed by atoms with E-state index in [4.69, 9.17) is 22.9 Å². The van der Waals surface area contributed by atoms with Crippen molar-refractivity contribution in [1.29, 1.82) is 0 Å². The van der Waals surface area contributed by atoms with Gasteiger partial charge in [-0.2, -0.15) is 0 Å². The van der Waals surface area contributed by atoms with Crippen LogP contribution >= 0.6 is 0 Å². The fourth-order valence-electron chi connectivity index (χ4n) is 11.2. The molecule has 0 saturated carbocycles.